The maximum Gasteiger partial charge on any atom is 0.332 e. The van der Waals surface area contributed by atoms with E-state index in [-0.39, 0.29) is 17.2 Å². The summed E-state index contributed by atoms with van der Waals surface area (Å²) in [7, 11) is 3.06. The van der Waals surface area contributed by atoms with E-state index in [1.165, 1.54) is 23.4 Å². The number of carbonyl (C=O) groups is 1. The minimum absolute atomic E-state index is 0.127. The Bertz CT molecular complexity index is 1490. The minimum Gasteiger partial charge on any atom is -0.351 e. The maximum absolute atomic E-state index is 13.1. The topological polar surface area (TPSA) is 90.9 Å². The second kappa shape index (κ2) is 8.55. The van der Waals surface area contributed by atoms with Crippen LogP contribution in [-0.2, 0) is 25.4 Å². The molecule has 0 saturated heterocycles. The molecule has 8 nitrogen and oxygen atoms in total. The molecule has 33 heavy (non-hydrogen) atoms. The Kier molecular flexibility index (Phi) is 5.92. The third-order valence-corrected chi connectivity index (χ3v) is 6.34. The number of nitrogens with one attached hydrogen (secondary N) is 1. The van der Waals surface area contributed by atoms with Crippen LogP contribution in [0.5, 0.6) is 0 Å². The summed E-state index contributed by atoms with van der Waals surface area (Å²) in [5.74, 6) is 0.0164. The molecule has 0 bridgehead atoms. The summed E-state index contributed by atoms with van der Waals surface area (Å²) in [4.78, 5) is 42.7. The fraction of sp³-hybridized carbons (Fsp3) is 0.333. The lowest BCUT2D eigenvalue weighted by atomic mass is 10.0. The highest BCUT2D eigenvalue weighted by Gasteiger charge is 2.21. The number of thioether (sulfide) groups is 1. The van der Waals surface area contributed by atoms with Crippen molar-refractivity contribution in [3.63, 3.8) is 0 Å². The summed E-state index contributed by atoms with van der Waals surface area (Å²) in [5.41, 5.74) is 0.467. The van der Waals surface area contributed by atoms with Crippen LogP contribution in [0.3, 0.4) is 0 Å². The Morgan fingerprint density at radius 3 is 2.45 bits per heavy atom. The molecule has 4 aromatic rings. The minimum atomic E-state index is -0.440. The highest BCUT2D eigenvalue weighted by atomic mass is 32.2. The van der Waals surface area contributed by atoms with Gasteiger partial charge in [-0.1, -0.05) is 54.2 Å². The van der Waals surface area contributed by atoms with Crippen LogP contribution in [0.2, 0.25) is 0 Å². The Labute approximate surface area is 195 Å². The first-order valence-electron chi connectivity index (χ1n) is 10.6. The van der Waals surface area contributed by atoms with Crippen LogP contribution in [0.15, 0.2) is 57.2 Å². The molecule has 4 rings (SSSR count). The molecule has 0 atom stereocenters. The molecule has 172 valence electrons. The zero-order valence-corrected chi connectivity index (χ0v) is 20.2. The second-order valence-electron chi connectivity index (χ2n) is 9.08. The molecule has 0 aliphatic heterocycles. The van der Waals surface area contributed by atoms with Crippen molar-refractivity contribution in [2.45, 2.75) is 38.0 Å². The molecule has 2 aromatic carbocycles. The molecule has 0 fully saturated rings. The van der Waals surface area contributed by atoms with E-state index in [1.54, 1.807) is 7.05 Å². The van der Waals surface area contributed by atoms with Crippen LogP contribution in [0.25, 0.3) is 21.9 Å². The number of nitrogens with zero attached hydrogens (tertiary/aromatic N) is 4. The normalized spacial score (nSPS) is 11.9. The predicted molar refractivity (Wildman–Crippen MR) is 132 cm³/mol. The molecule has 0 spiro atoms. The zero-order valence-electron chi connectivity index (χ0n) is 19.4. The van der Waals surface area contributed by atoms with E-state index in [0.29, 0.717) is 22.9 Å². The first-order chi connectivity index (χ1) is 15.6. The molecule has 0 unspecified atom stereocenters. The first-order valence-corrected chi connectivity index (χ1v) is 11.6. The SMILES string of the molecule is Cn1c(=O)c2c(nc(SCC(=O)NC(C)(C)C)n2Cc2cccc3ccccc23)n(C)c1=O. The number of imidazole rings is 1. The lowest BCUT2D eigenvalue weighted by molar-refractivity contribution is -0.119. The van der Waals surface area contributed by atoms with Crippen molar-refractivity contribution in [1.29, 1.82) is 0 Å². The molecular formula is C24H27N5O3S. The summed E-state index contributed by atoms with van der Waals surface area (Å²) in [6, 6.07) is 14.1. The number of carbonyl (C=O) groups excluding carboxylic acids is 1. The molecule has 1 N–H and O–H groups in total. The largest absolute Gasteiger partial charge is 0.351 e. The molecule has 9 heteroatoms. The number of amides is 1. The average Bonchev–Trinajstić information content (AvgIpc) is 3.12. The van der Waals surface area contributed by atoms with E-state index >= 15 is 0 Å². The third kappa shape index (κ3) is 4.45. The highest BCUT2D eigenvalue weighted by Crippen LogP contribution is 2.26. The van der Waals surface area contributed by atoms with Crippen molar-refractivity contribution in [3.8, 4) is 0 Å². The van der Waals surface area contributed by atoms with E-state index in [1.807, 2.05) is 67.8 Å². The fourth-order valence-corrected chi connectivity index (χ4v) is 4.66. The summed E-state index contributed by atoms with van der Waals surface area (Å²) in [6.07, 6.45) is 0. The average molecular weight is 466 g/mol. The van der Waals surface area contributed by atoms with Crippen molar-refractivity contribution < 1.29 is 4.79 Å². The zero-order chi connectivity index (χ0) is 23.9. The van der Waals surface area contributed by atoms with Crippen molar-refractivity contribution in [2.24, 2.45) is 14.1 Å². The Hall–Kier alpha value is -3.33. The highest BCUT2D eigenvalue weighted by molar-refractivity contribution is 7.99. The standard InChI is InChI=1S/C24H27N5O3S/c1-24(2,3)26-18(30)14-33-22-25-20-19(21(31)28(5)23(32)27(20)4)29(22)13-16-11-8-10-15-9-6-7-12-17(15)16/h6-12H,13-14H2,1-5H3,(H,26,30). The smallest absolute Gasteiger partial charge is 0.332 e. The van der Waals surface area contributed by atoms with Gasteiger partial charge in [0.2, 0.25) is 5.91 Å². The molecule has 1 amide bonds. The van der Waals surface area contributed by atoms with Crippen LogP contribution in [0.1, 0.15) is 26.3 Å². The van der Waals surface area contributed by atoms with Gasteiger partial charge in [0, 0.05) is 19.6 Å². The summed E-state index contributed by atoms with van der Waals surface area (Å²) in [6.45, 7) is 6.15. The van der Waals surface area contributed by atoms with E-state index in [4.69, 9.17) is 0 Å². The van der Waals surface area contributed by atoms with E-state index < -0.39 is 11.2 Å². The maximum atomic E-state index is 13.1. The van der Waals surface area contributed by atoms with Crippen LogP contribution >= 0.6 is 11.8 Å². The number of rotatable bonds is 5. The number of benzene rings is 2. The Morgan fingerprint density at radius 2 is 1.73 bits per heavy atom. The summed E-state index contributed by atoms with van der Waals surface area (Å²) < 4.78 is 4.27. The lowest BCUT2D eigenvalue weighted by Crippen LogP contribution is -2.41. The Balaban J connectivity index is 1.85. The van der Waals surface area contributed by atoms with Crippen molar-refractivity contribution in [3.05, 3.63) is 68.9 Å². The number of hydrogen-bond donors (Lipinski definition) is 1. The quantitative estimate of drug-likeness (QED) is 0.458. The van der Waals surface area contributed by atoms with Gasteiger partial charge in [-0.25, -0.2) is 9.78 Å². The van der Waals surface area contributed by atoms with Crippen molar-refractivity contribution >= 4 is 39.6 Å². The van der Waals surface area contributed by atoms with Crippen molar-refractivity contribution in [2.75, 3.05) is 5.75 Å². The second-order valence-corrected chi connectivity index (χ2v) is 10.0. The van der Waals surface area contributed by atoms with Gasteiger partial charge in [0.05, 0.1) is 12.3 Å². The van der Waals surface area contributed by atoms with Crippen molar-refractivity contribution in [1.82, 2.24) is 24.0 Å². The van der Waals surface area contributed by atoms with E-state index in [0.717, 1.165) is 20.9 Å². The molecule has 2 aromatic heterocycles. The predicted octanol–water partition coefficient (Wildman–Crippen LogP) is 2.64. The van der Waals surface area contributed by atoms with Crippen LogP contribution in [0.4, 0.5) is 0 Å². The Morgan fingerprint density at radius 1 is 1.03 bits per heavy atom. The summed E-state index contributed by atoms with van der Waals surface area (Å²) in [5, 5.41) is 5.62. The van der Waals surface area contributed by atoms with Crippen LogP contribution in [0, 0.1) is 0 Å². The third-order valence-electron chi connectivity index (χ3n) is 5.37. The number of hydrogen-bond acceptors (Lipinski definition) is 5. The monoisotopic (exact) mass is 465 g/mol. The van der Waals surface area contributed by atoms with Gasteiger partial charge in [0.25, 0.3) is 5.56 Å². The van der Waals surface area contributed by atoms with Gasteiger partial charge in [-0.05, 0) is 37.1 Å². The van der Waals surface area contributed by atoms with Crippen LogP contribution < -0.4 is 16.6 Å². The molecule has 2 heterocycles. The molecule has 0 saturated carbocycles. The van der Waals surface area contributed by atoms with Gasteiger partial charge in [-0.3, -0.25) is 18.7 Å². The fourth-order valence-electron chi connectivity index (χ4n) is 3.87. The van der Waals surface area contributed by atoms with Gasteiger partial charge in [0.15, 0.2) is 16.3 Å². The number of aromatic nitrogens is 4. The molecule has 0 aliphatic rings. The molecular weight excluding hydrogens is 438 g/mol. The number of fused-ring (bicyclic) bond motifs is 2. The van der Waals surface area contributed by atoms with E-state index in [9.17, 15) is 14.4 Å². The van der Waals surface area contributed by atoms with Gasteiger partial charge in [-0.2, -0.15) is 0 Å². The van der Waals surface area contributed by atoms with E-state index in [2.05, 4.69) is 10.3 Å². The molecule has 0 aliphatic carbocycles. The first kappa shape index (κ1) is 22.8. The van der Waals surface area contributed by atoms with Crippen LogP contribution in [-0.4, -0.2) is 35.9 Å². The van der Waals surface area contributed by atoms with Gasteiger partial charge in [0.1, 0.15) is 0 Å². The van der Waals surface area contributed by atoms with Gasteiger partial charge >= 0.3 is 5.69 Å². The summed E-state index contributed by atoms with van der Waals surface area (Å²) >= 11 is 1.25. The lowest BCUT2D eigenvalue weighted by Gasteiger charge is -2.20. The van der Waals surface area contributed by atoms with Gasteiger partial charge < -0.3 is 9.88 Å². The van der Waals surface area contributed by atoms with Gasteiger partial charge in [-0.15, -0.1) is 0 Å². The molecule has 0 radical (unpaired) electrons. The number of aryl methyl sites for hydroxylation is 1.